The summed E-state index contributed by atoms with van der Waals surface area (Å²) in [4.78, 5) is 12.1. The molecule has 1 N–H and O–H groups in total. The predicted octanol–water partition coefficient (Wildman–Crippen LogP) is 4.47. The summed E-state index contributed by atoms with van der Waals surface area (Å²) in [5.74, 6) is -0.240. The van der Waals surface area contributed by atoms with Crippen LogP contribution in [0.2, 0.25) is 0 Å². The van der Waals surface area contributed by atoms with Gasteiger partial charge < -0.3 is 22.2 Å². The third-order valence-corrected chi connectivity index (χ3v) is 5.97. The molecule has 1 aromatic heterocycles. The van der Waals surface area contributed by atoms with E-state index < -0.39 is 11.6 Å². The summed E-state index contributed by atoms with van der Waals surface area (Å²) < 4.78 is 16.8. The molecular formula is C23H24CaO5S. The molecule has 1 fully saturated rings. The van der Waals surface area contributed by atoms with Crippen molar-refractivity contribution in [2.75, 3.05) is 19.8 Å². The van der Waals surface area contributed by atoms with Gasteiger partial charge in [-0.1, -0.05) is 30.3 Å². The van der Waals surface area contributed by atoms with Gasteiger partial charge in [0.15, 0.2) is 0 Å². The number of benzene rings is 2. The monoisotopic (exact) mass is 452 g/mol. The summed E-state index contributed by atoms with van der Waals surface area (Å²) in [6.07, 6.45) is 0. The zero-order chi connectivity index (χ0) is 20.3. The molecule has 2 aromatic carbocycles. The summed E-state index contributed by atoms with van der Waals surface area (Å²) in [6, 6.07) is 18.1. The Labute approximate surface area is 212 Å². The molecule has 0 radical (unpaired) electrons. The molecule has 0 saturated carbocycles. The van der Waals surface area contributed by atoms with E-state index in [-0.39, 0.29) is 47.2 Å². The Hall–Kier alpha value is -1.41. The van der Waals surface area contributed by atoms with Crippen LogP contribution in [-0.4, -0.2) is 68.6 Å². The predicted molar refractivity (Wildman–Crippen MR) is 119 cm³/mol. The van der Waals surface area contributed by atoms with Gasteiger partial charge in [-0.3, -0.25) is 0 Å². The topological polar surface area (TPSA) is 65.0 Å². The first-order valence-electron chi connectivity index (χ1n) is 9.35. The van der Waals surface area contributed by atoms with Crippen molar-refractivity contribution >= 4 is 55.0 Å². The van der Waals surface area contributed by atoms with Crippen LogP contribution in [0.25, 0.3) is 10.4 Å². The largest absolute Gasteiger partial charge is 2.00 e. The second kappa shape index (κ2) is 10.3. The van der Waals surface area contributed by atoms with Crippen LogP contribution in [0.5, 0.6) is 5.75 Å². The molecule has 3 aromatic rings. The standard InChI is InChI=1S/C23H22O5S.Ca.2H/c1-16-9-21(29-13-16)18-4-2-3-17(10-18)11-27-20-7-5-19(6-8-20)23(14-26-15-23)28-12-22(24)25;;;/h2-10,13H,11-12,14-15H2,1H3,(H,24,25);;;/q;+2;2*-1. The molecule has 0 atom stereocenters. The Morgan fingerprint density at radius 2 is 1.97 bits per heavy atom. The Morgan fingerprint density at radius 1 is 1.20 bits per heavy atom. The average molecular weight is 453 g/mol. The van der Waals surface area contributed by atoms with E-state index in [1.807, 2.05) is 30.3 Å². The molecular weight excluding hydrogens is 428 g/mol. The fourth-order valence-electron chi connectivity index (χ4n) is 3.24. The number of hydrogen-bond acceptors (Lipinski definition) is 5. The summed E-state index contributed by atoms with van der Waals surface area (Å²) in [7, 11) is 0. The minimum Gasteiger partial charge on any atom is -1.00 e. The maximum absolute atomic E-state index is 10.8. The maximum Gasteiger partial charge on any atom is 2.00 e. The number of thiophene rings is 1. The Kier molecular flexibility index (Phi) is 7.96. The van der Waals surface area contributed by atoms with Crippen molar-refractivity contribution in [1.82, 2.24) is 0 Å². The minimum atomic E-state index is -0.990. The molecule has 1 aliphatic heterocycles. The van der Waals surface area contributed by atoms with Crippen LogP contribution < -0.4 is 4.74 Å². The van der Waals surface area contributed by atoms with Crippen molar-refractivity contribution in [3.63, 3.8) is 0 Å². The molecule has 30 heavy (non-hydrogen) atoms. The number of rotatable bonds is 8. The van der Waals surface area contributed by atoms with Gasteiger partial charge in [0.1, 0.15) is 24.6 Å². The van der Waals surface area contributed by atoms with Crippen LogP contribution >= 0.6 is 11.3 Å². The number of carboxylic acid groups (broad SMARTS) is 1. The van der Waals surface area contributed by atoms with Crippen LogP contribution in [0.15, 0.2) is 60.0 Å². The molecule has 7 heteroatoms. The van der Waals surface area contributed by atoms with E-state index in [0.29, 0.717) is 19.8 Å². The number of aliphatic carboxylic acids is 1. The van der Waals surface area contributed by atoms with Crippen molar-refractivity contribution in [3.8, 4) is 16.2 Å². The van der Waals surface area contributed by atoms with Gasteiger partial charge in [-0.15, -0.1) is 11.3 Å². The summed E-state index contributed by atoms with van der Waals surface area (Å²) in [5.41, 5.74) is 3.79. The molecule has 154 valence electrons. The SMILES string of the molecule is Cc1csc(-c2cccc(COc3ccc(C4(OCC(=O)O)COC4)cc3)c2)c1.[Ca+2].[H-].[H-]. The number of carboxylic acids is 1. The Morgan fingerprint density at radius 3 is 2.57 bits per heavy atom. The van der Waals surface area contributed by atoms with E-state index in [1.165, 1.54) is 16.0 Å². The van der Waals surface area contributed by atoms with Gasteiger partial charge in [0.2, 0.25) is 0 Å². The van der Waals surface area contributed by atoms with Gasteiger partial charge in [0.05, 0.1) is 13.2 Å². The first-order valence-corrected chi connectivity index (χ1v) is 10.2. The Bertz CT molecular complexity index is 1010. The van der Waals surface area contributed by atoms with E-state index in [4.69, 9.17) is 19.3 Å². The van der Waals surface area contributed by atoms with Gasteiger partial charge in [-0.25, -0.2) is 4.79 Å². The van der Waals surface area contributed by atoms with Crippen molar-refractivity contribution < 1.29 is 27.0 Å². The van der Waals surface area contributed by atoms with E-state index >= 15 is 0 Å². The van der Waals surface area contributed by atoms with Crippen molar-refractivity contribution in [2.24, 2.45) is 0 Å². The van der Waals surface area contributed by atoms with Crippen LogP contribution in [-0.2, 0) is 26.5 Å². The molecule has 0 spiro atoms. The zero-order valence-corrected chi connectivity index (χ0v) is 19.8. The van der Waals surface area contributed by atoms with Crippen LogP contribution in [0.3, 0.4) is 0 Å². The number of carbonyl (C=O) groups is 1. The fourth-order valence-corrected chi connectivity index (χ4v) is 4.14. The smallest absolute Gasteiger partial charge is 1.00 e. The van der Waals surface area contributed by atoms with E-state index in [9.17, 15) is 4.79 Å². The minimum absolute atomic E-state index is 0. The van der Waals surface area contributed by atoms with Crippen LogP contribution in [0.4, 0.5) is 0 Å². The van der Waals surface area contributed by atoms with E-state index in [0.717, 1.165) is 16.9 Å². The summed E-state index contributed by atoms with van der Waals surface area (Å²) >= 11 is 1.74. The molecule has 0 aliphatic carbocycles. The third kappa shape index (κ3) is 5.44. The molecule has 0 bridgehead atoms. The van der Waals surface area contributed by atoms with Crippen molar-refractivity contribution in [1.29, 1.82) is 0 Å². The van der Waals surface area contributed by atoms with Crippen molar-refractivity contribution in [3.05, 3.63) is 76.7 Å². The molecule has 1 aliphatic rings. The zero-order valence-electron chi connectivity index (χ0n) is 18.8. The number of aryl methyl sites for hydroxylation is 1. The summed E-state index contributed by atoms with van der Waals surface area (Å²) in [5, 5.41) is 11.0. The van der Waals surface area contributed by atoms with E-state index in [1.54, 1.807) is 11.3 Å². The molecule has 0 amide bonds. The van der Waals surface area contributed by atoms with Gasteiger partial charge in [-0.2, -0.15) is 0 Å². The number of ether oxygens (including phenoxy) is 3. The van der Waals surface area contributed by atoms with Crippen LogP contribution in [0, 0.1) is 6.92 Å². The van der Waals surface area contributed by atoms with Gasteiger partial charge in [-0.05, 0) is 58.8 Å². The second-order valence-electron chi connectivity index (χ2n) is 7.17. The first-order chi connectivity index (χ1) is 14.0. The normalized spacial score (nSPS) is 14.4. The van der Waals surface area contributed by atoms with Gasteiger partial charge in [0, 0.05) is 4.88 Å². The molecule has 2 heterocycles. The Balaban J connectivity index is 0.00000171. The molecule has 4 rings (SSSR count). The first kappa shape index (κ1) is 23.3. The number of hydrogen-bond donors (Lipinski definition) is 1. The van der Waals surface area contributed by atoms with Gasteiger partial charge in [0.25, 0.3) is 0 Å². The van der Waals surface area contributed by atoms with Gasteiger partial charge >= 0.3 is 43.7 Å². The molecule has 0 unspecified atom stereocenters. The summed E-state index contributed by atoms with van der Waals surface area (Å²) in [6.45, 7) is 2.94. The molecule has 5 nitrogen and oxygen atoms in total. The van der Waals surface area contributed by atoms with Crippen molar-refractivity contribution in [2.45, 2.75) is 19.1 Å². The van der Waals surface area contributed by atoms with Crippen LogP contribution in [0.1, 0.15) is 19.5 Å². The van der Waals surface area contributed by atoms with E-state index in [2.05, 4.69) is 36.6 Å². The quantitative estimate of drug-likeness (QED) is 0.511. The second-order valence-corrected chi connectivity index (χ2v) is 8.08. The molecule has 1 saturated heterocycles. The fraction of sp³-hybridized carbons (Fsp3) is 0.261. The maximum atomic E-state index is 10.8. The third-order valence-electron chi connectivity index (χ3n) is 4.87. The average Bonchev–Trinajstić information content (AvgIpc) is 3.13.